The number of hydrogen-bond donors (Lipinski definition) is 1. The molecule has 0 aliphatic carbocycles. The van der Waals surface area contributed by atoms with Gasteiger partial charge in [0.25, 0.3) is 5.91 Å². The number of aromatic nitrogens is 2. The Morgan fingerprint density at radius 1 is 1.43 bits per heavy atom. The lowest BCUT2D eigenvalue weighted by atomic mass is 10.0. The first-order valence-electron chi connectivity index (χ1n) is 7.19. The van der Waals surface area contributed by atoms with Crippen LogP contribution in [-0.2, 0) is 5.54 Å². The second kappa shape index (κ2) is 7.80. The minimum absolute atomic E-state index is 0. The second-order valence-electron chi connectivity index (χ2n) is 6.77. The maximum atomic E-state index is 12.3. The van der Waals surface area contributed by atoms with E-state index in [1.165, 1.54) is 0 Å². The molecule has 2 N–H and O–H groups in total. The quantitative estimate of drug-likeness (QED) is 0.907. The summed E-state index contributed by atoms with van der Waals surface area (Å²) in [5, 5.41) is 4.26. The summed E-state index contributed by atoms with van der Waals surface area (Å²) in [4.78, 5) is 14.0. The molecule has 0 saturated heterocycles. The Kier molecular flexibility index (Phi) is 7.40. The third kappa shape index (κ3) is 5.67. The minimum atomic E-state index is -0.114. The highest BCUT2D eigenvalue weighted by molar-refractivity contribution is 5.93. The fraction of sp³-hybridized carbons (Fsp3) is 0.733. The number of amides is 1. The molecule has 1 rings (SSSR count). The Bertz CT molecular complexity index is 451. The number of carbonyl (C=O) groups excluding carboxylic acids is 1. The zero-order chi connectivity index (χ0) is 15.5. The summed E-state index contributed by atoms with van der Waals surface area (Å²) in [5.74, 6) is 0.429. The molecule has 5 nitrogen and oxygen atoms in total. The summed E-state index contributed by atoms with van der Waals surface area (Å²) in [6.45, 7) is 11.0. The summed E-state index contributed by atoms with van der Waals surface area (Å²) < 4.78 is 1.81. The number of rotatable bonds is 5. The van der Waals surface area contributed by atoms with Gasteiger partial charge >= 0.3 is 0 Å². The van der Waals surface area contributed by atoms with E-state index in [4.69, 9.17) is 5.73 Å². The topological polar surface area (TPSA) is 64.2 Å². The number of nitrogens with two attached hydrogens (primary N) is 1. The Morgan fingerprint density at radius 2 is 2.00 bits per heavy atom. The van der Waals surface area contributed by atoms with Crippen molar-refractivity contribution in [3.63, 3.8) is 0 Å². The predicted octanol–water partition coefficient (Wildman–Crippen LogP) is 2.51. The molecule has 21 heavy (non-hydrogen) atoms. The van der Waals surface area contributed by atoms with Gasteiger partial charge in [0.15, 0.2) is 0 Å². The van der Waals surface area contributed by atoms with Crippen LogP contribution in [0.15, 0.2) is 12.4 Å². The van der Waals surface area contributed by atoms with Crippen LogP contribution in [0.2, 0.25) is 0 Å². The molecule has 0 spiro atoms. The van der Waals surface area contributed by atoms with Gasteiger partial charge in [0.2, 0.25) is 0 Å². The average Bonchev–Trinajstić information content (AvgIpc) is 2.83. The highest BCUT2D eigenvalue weighted by Gasteiger charge is 2.19. The van der Waals surface area contributed by atoms with Crippen LogP contribution in [-0.4, -0.2) is 40.2 Å². The molecule has 0 aliphatic rings. The largest absolute Gasteiger partial charge is 0.342 e. The van der Waals surface area contributed by atoms with Crippen molar-refractivity contribution in [1.82, 2.24) is 14.7 Å². The second-order valence-corrected chi connectivity index (χ2v) is 6.77. The summed E-state index contributed by atoms with van der Waals surface area (Å²) in [5.41, 5.74) is 6.52. The van der Waals surface area contributed by atoms with Crippen LogP contribution in [0.4, 0.5) is 0 Å². The molecule has 1 heterocycles. The molecule has 122 valence electrons. The fourth-order valence-electron chi connectivity index (χ4n) is 1.80. The molecular formula is C15H29ClN4O. The van der Waals surface area contributed by atoms with Crippen molar-refractivity contribution in [3.8, 4) is 0 Å². The average molecular weight is 317 g/mol. The van der Waals surface area contributed by atoms with E-state index in [1.54, 1.807) is 17.3 Å². The molecule has 0 bridgehead atoms. The zero-order valence-corrected chi connectivity index (χ0v) is 14.8. The van der Waals surface area contributed by atoms with Gasteiger partial charge in [-0.1, -0.05) is 13.8 Å². The summed E-state index contributed by atoms with van der Waals surface area (Å²) >= 11 is 0. The third-order valence-electron chi connectivity index (χ3n) is 3.52. The van der Waals surface area contributed by atoms with Crippen molar-refractivity contribution in [2.45, 2.75) is 52.6 Å². The third-order valence-corrected chi connectivity index (χ3v) is 3.52. The van der Waals surface area contributed by atoms with E-state index in [9.17, 15) is 4.79 Å². The SMILES string of the molecule is CC(C)C(N)CCN(C)C(=O)c1cnn(C(C)(C)C)c1.Cl. The highest BCUT2D eigenvalue weighted by atomic mass is 35.5. The number of carbonyl (C=O) groups is 1. The normalized spacial score (nSPS) is 13.0. The van der Waals surface area contributed by atoms with Gasteiger partial charge in [-0.3, -0.25) is 9.48 Å². The monoisotopic (exact) mass is 316 g/mol. The van der Waals surface area contributed by atoms with Crippen molar-refractivity contribution in [3.05, 3.63) is 18.0 Å². The van der Waals surface area contributed by atoms with Crippen molar-refractivity contribution >= 4 is 18.3 Å². The van der Waals surface area contributed by atoms with E-state index in [0.717, 1.165) is 6.42 Å². The molecule has 1 amide bonds. The van der Waals surface area contributed by atoms with E-state index in [1.807, 2.05) is 11.7 Å². The maximum absolute atomic E-state index is 12.3. The molecular weight excluding hydrogens is 288 g/mol. The lowest BCUT2D eigenvalue weighted by Gasteiger charge is -2.21. The van der Waals surface area contributed by atoms with Gasteiger partial charge in [-0.15, -0.1) is 12.4 Å². The van der Waals surface area contributed by atoms with Gasteiger partial charge in [0.05, 0.1) is 17.3 Å². The van der Waals surface area contributed by atoms with Crippen molar-refractivity contribution in [2.75, 3.05) is 13.6 Å². The lowest BCUT2D eigenvalue weighted by Crippen LogP contribution is -2.34. The molecule has 0 radical (unpaired) electrons. The van der Waals surface area contributed by atoms with Crippen LogP contribution in [0.3, 0.4) is 0 Å². The first kappa shape index (κ1) is 19.9. The van der Waals surface area contributed by atoms with Gasteiger partial charge in [-0.25, -0.2) is 0 Å². The van der Waals surface area contributed by atoms with Gasteiger partial charge in [0.1, 0.15) is 0 Å². The molecule has 1 aromatic heterocycles. The minimum Gasteiger partial charge on any atom is -0.342 e. The zero-order valence-electron chi connectivity index (χ0n) is 14.0. The number of hydrogen-bond acceptors (Lipinski definition) is 3. The van der Waals surface area contributed by atoms with Crippen LogP contribution in [0.1, 0.15) is 51.4 Å². The van der Waals surface area contributed by atoms with Crippen LogP contribution in [0.25, 0.3) is 0 Å². The Hall–Kier alpha value is -1.07. The summed E-state index contributed by atoms with van der Waals surface area (Å²) in [6, 6.07) is 0.127. The van der Waals surface area contributed by atoms with E-state index in [0.29, 0.717) is 18.0 Å². The Balaban J connectivity index is 0.00000400. The first-order valence-corrected chi connectivity index (χ1v) is 7.19. The number of halogens is 1. The molecule has 0 aromatic carbocycles. The summed E-state index contributed by atoms with van der Waals surface area (Å²) in [6.07, 6.45) is 4.25. The highest BCUT2D eigenvalue weighted by Crippen LogP contribution is 2.14. The Morgan fingerprint density at radius 3 is 2.43 bits per heavy atom. The predicted molar refractivity (Wildman–Crippen MR) is 88.9 cm³/mol. The standard InChI is InChI=1S/C15H28N4O.ClH/c1-11(2)13(16)7-8-18(6)14(20)12-9-17-19(10-12)15(3,4)5;/h9-11,13H,7-8,16H2,1-6H3;1H. The van der Waals surface area contributed by atoms with Crippen LogP contribution >= 0.6 is 12.4 Å². The van der Waals surface area contributed by atoms with Crippen LogP contribution in [0.5, 0.6) is 0 Å². The first-order chi connectivity index (χ1) is 9.12. The molecule has 1 atom stereocenters. The van der Waals surface area contributed by atoms with E-state index >= 15 is 0 Å². The van der Waals surface area contributed by atoms with E-state index in [-0.39, 0.29) is 29.9 Å². The van der Waals surface area contributed by atoms with Crippen molar-refractivity contribution < 1.29 is 4.79 Å². The molecule has 0 saturated carbocycles. The van der Waals surface area contributed by atoms with Gasteiger partial charge < -0.3 is 10.6 Å². The molecule has 6 heteroatoms. The molecule has 0 fully saturated rings. The summed E-state index contributed by atoms with van der Waals surface area (Å²) in [7, 11) is 1.81. The molecule has 0 aliphatic heterocycles. The smallest absolute Gasteiger partial charge is 0.256 e. The maximum Gasteiger partial charge on any atom is 0.256 e. The fourth-order valence-corrected chi connectivity index (χ4v) is 1.80. The number of nitrogens with zero attached hydrogens (tertiary/aromatic N) is 3. The van der Waals surface area contributed by atoms with Gasteiger partial charge in [-0.2, -0.15) is 5.10 Å². The van der Waals surface area contributed by atoms with Gasteiger partial charge in [0, 0.05) is 25.8 Å². The van der Waals surface area contributed by atoms with E-state index in [2.05, 4.69) is 39.7 Å². The van der Waals surface area contributed by atoms with Crippen LogP contribution < -0.4 is 5.73 Å². The van der Waals surface area contributed by atoms with Gasteiger partial charge in [-0.05, 0) is 33.1 Å². The lowest BCUT2D eigenvalue weighted by molar-refractivity contribution is 0.0789. The Labute approximate surface area is 134 Å². The molecule has 1 unspecified atom stereocenters. The molecule has 1 aromatic rings. The van der Waals surface area contributed by atoms with Crippen molar-refractivity contribution in [2.24, 2.45) is 11.7 Å². The van der Waals surface area contributed by atoms with Crippen LogP contribution in [0, 0.1) is 5.92 Å². The van der Waals surface area contributed by atoms with E-state index < -0.39 is 0 Å². The van der Waals surface area contributed by atoms with Crippen molar-refractivity contribution in [1.29, 1.82) is 0 Å².